The van der Waals surface area contributed by atoms with Crippen molar-refractivity contribution in [3.8, 4) is 5.75 Å². The second-order valence-corrected chi connectivity index (χ2v) is 19.7. The van der Waals surface area contributed by atoms with Crippen molar-refractivity contribution in [1.82, 2.24) is 10.2 Å². The van der Waals surface area contributed by atoms with Crippen LogP contribution in [-0.2, 0) is 55.1 Å². The number of alkyl carbamates (subject to hydrolysis) is 1. The Morgan fingerprint density at radius 1 is 1.13 bits per heavy atom. The number of halogens is 1. The molecule has 5 N–H and O–H groups in total. The van der Waals surface area contributed by atoms with Gasteiger partial charge in [-0.25, -0.2) is 9.59 Å². The highest BCUT2D eigenvalue weighted by molar-refractivity contribution is 7.98. The molecule has 372 valence electrons. The summed E-state index contributed by atoms with van der Waals surface area (Å²) < 4.78 is 29.4. The SMILES string of the molecule is COc1cc2cc(c1Cl)N(C)C(=O)CC(OC(=O)C(C)N(C)C(=O)CCSCc1ccc(NC(=O)C(C)CC(=O)C(C)N)cc1)C1(C)OC1C(C)C1CC(O)(NC(=O)O1)C(OC)/C=C/C=C(\C)C2. The molecule has 2 fully saturated rings. The van der Waals surface area contributed by atoms with Crippen LogP contribution in [0.5, 0.6) is 5.75 Å². The summed E-state index contributed by atoms with van der Waals surface area (Å²) in [6.45, 7) is 10.2. The summed E-state index contributed by atoms with van der Waals surface area (Å²) in [7, 11) is 5.98. The number of hydrogen-bond acceptors (Lipinski definition) is 14. The molecule has 3 aliphatic rings. The fourth-order valence-electron chi connectivity index (χ4n) is 8.27. The largest absolute Gasteiger partial charge is 0.495 e. The second-order valence-electron chi connectivity index (χ2n) is 18.3. The van der Waals surface area contributed by atoms with E-state index >= 15 is 0 Å². The van der Waals surface area contributed by atoms with E-state index < -0.39 is 77.6 Å². The lowest BCUT2D eigenvalue weighted by molar-refractivity contribution is -0.162. The molecule has 4 bridgehead atoms. The number of fused-ring (bicyclic) bond motifs is 5. The molecular weight excluding hydrogens is 918 g/mol. The van der Waals surface area contributed by atoms with Gasteiger partial charge in [0.15, 0.2) is 5.72 Å². The van der Waals surface area contributed by atoms with Gasteiger partial charge in [-0.3, -0.25) is 24.5 Å². The third-order valence-electron chi connectivity index (χ3n) is 12.9. The van der Waals surface area contributed by atoms with Crippen LogP contribution < -0.4 is 26.0 Å². The van der Waals surface area contributed by atoms with Crippen LogP contribution in [0.25, 0.3) is 0 Å². The van der Waals surface area contributed by atoms with E-state index in [-0.39, 0.29) is 48.3 Å². The number of rotatable bonds is 15. The van der Waals surface area contributed by atoms with Gasteiger partial charge in [0, 0.05) is 69.5 Å². The average Bonchev–Trinajstić information content (AvgIpc) is 3.99. The Labute approximate surface area is 407 Å². The van der Waals surface area contributed by atoms with E-state index in [9.17, 15) is 33.9 Å². The van der Waals surface area contributed by atoms with E-state index in [1.54, 1.807) is 78.1 Å². The van der Waals surface area contributed by atoms with Crippen molar-refractivity contribution >= 4 is 70.3 Å². The quantitative estimate of drug-likeness (QED) is 0.0952. The number of methoxy groups -OCH3 is 2. The van der Waals surface area contributed by atoms with Gasteiger partial charge in [0.25, 0.3) is 0 Å². The van der Waals surface area contributed by atoms with Crippen LogP contribution in [0.1, 0.15) is 78.4 Å². The smallest absolute Gasteiger partial charge is 0.409 e. The van der Waals surface area contributed by atoms with Gasteiger partial charge in [0.05, 0.1) is 31.4 Å². The highest BCUT2D eigenvalue weighted by Gasteiger charge is 2.64. The zero-order valence-electron chi connectivity index (χ0n) is 40.5. The molecule has 5 rings (SSSR count). The number of carbonyl (C=O) groups is 6. The lowest BCUT2D eigenvalue weighted by atomic mass is 9.83. The van der Waals surface area contributed by atoms with Crippen molar-refractivity contribution in [2.75, 3.05) is 44.3 Å². The van der Waals surface area contributed by atoms with Crippen LogP contribution >= 0.6 is 23.4 Å². The highest BCUT2D eigenvalue weighted by Crippen LogP contribution is 2.49. The van der Waals surface area contributed by atoms with E-state index in [1.165, 1.54) is 42.8 Å². The summed E-state index contributed by atoms with van der Waals surface area (Å²) in [5, 5.41) is 17.4. The number of Topliss-reactive ketones (excluding diaryl/α,β-unsaturated/α-hetero) is 1. The summed E-state index contributed by atoms with van der Waals surface area (Å²) in [5.74, 6) is -1.69. The first-order chi connectivity index (χ1) is 32.0. The van der Waals surface area contributed by atoms with Crippen LogP contribution in [0.2, 0.25) is 5.02 Å². The van der Waals surface area contributed by atoms with Gasteiger partial charge in [0.2, 0.25) is 17.7 Å². The zero-order chi connectivity index (χ0) is 50.2. The van der Waals surface area contributed by atoms with Crippen molar-refractivity contribution < 1.29 is 57.6 Å². The molecule has 0 spiro atoms. The lowest BCUT2D eigenvalue weighted by Crippen LogP contribution is -2.63. The minimum Gasteiger partial charge on any atom is -0.495 e. The molecule has 19 heteroatoms. The summed E-state index contributed by atoms with van der Waals surface area (Å²) in [6, 6.07) is 9.18. The van der Waals surface area contributed by atoms with Crippen molar-refractivity contribution in [2.24, 2.45) is 17.6 Å². The number of ketones is 1. The van der Waals surface area contributed by atoms with E-state index in [2.05, 4.69) is 10.6 Å². The van der Waals surface area contributed by atoms with E-state index in [0.29, 0.717) is 35.1 Å². The molecule has 2 saturated heterocycles. The fraction of sp³-hybridized carbons (Fsp3) is 0.551. The van der Waals surface area contributed by atoms with Crippen LogP contribution in [-0.4, -0.2) is 127 Å². The average molecular weight is 985 g/mol. The maximum atomic E-state index is 14.3. The number of hydrogen-bond donors (Lipinski definition) is 4. The maximum Gasteiger partial charge on any atom is 0.409 e. The number of allylic oxidation sites excluding steroid dienone is 3. The number of nitrogens with two attached hydrogens (primary N) is 1. The van der Waals surface area contributed by atoms with E-state index in [4.69, 9.17) is 41.0 Å². The van der Waals surface area contributed by atoms with Crippen LogP contribution in [0.3, 0.4) is 0 Å². The summed E-state index contributed by atoms with van der Waals surface area (Å²) in [6.07, 6.45) is 0.830. The molecule has 3 aliphatic heterocycles. The molecule has 10 unspecified atom stereocenters. The van der Waals surface area contributed by atoms with Crippen molar-refractivity contribution in [3.63, 3.8) is 0 Å². The van der Waals surface area contributed by atoms with Gasteiger partial charge < -0.3 is 49.6 Å². The highest BCUT2D eigenvalue weighted by atomic mass is 35.5. The zero-order valence-corrected chi connectivity index (χ0v) is 42.0. The third kappa shape index (κ3) is 13.2. The molecule has 2 aromatic carbocycles. The third-order valence-corrected chi connectivity index (χ3v) is 14.3. The molecule has 0 radical (unpaired) electrons. The topological polar surface area (TPSA) is 229 Å². The Morgan fingerprint density at radius 3 is 2.47 bits per heavy atom. The first-order valence-corrected chi connectivity index (χ1v) is 24.2. The molecule has 0 saturated carbocycles. The van der Waals surface area contributed by atoms with Gasteiger partial charge in [0.1, 0.15) is 46.5 Å². The number of ether oxygens (including phenoxy) is 5. The molecule has 0 aliphatic carbocycles. The Bertz CT molecular complexity index is 2260. The number of nitrogens with zero attached hydrogens (tertiary/aromatic N) is 2. The monoisotopic (exact) mass is 983 g/mol. The minimum atomic E-state index is -1.86. The normalized spacial score (nSPS) is 27.7. The molecule has 2 aromatic rings. The number of aliphatic hydroxyl groups is 1. The molecule has 3 heterocycles. The van der Waals surface area contributed by atoms with Crippen molar-refractivity contribution in [2.45, 2.75) is 127 Å². The van der Waals surface area contributed by atoms with E-state index in [1.807, 2.05) is 25.1 Å². The predicted molar refractivity (Wildman–Crippen MR) is 259 cm³/mol. The number of esters is 1. The number of amides is 4. The van der Waals surface area contributed by atoms with Gasteiger partial charge in [-0.2, -0.15) is 11.8 Å². The van der Waals surface area contributed by atoms with Gasteiger partial charge in [-0.1, -0.05) is 61.4 Å². The first kappa shape index (κ1) is 54.0. The van der Waals surface area contributed by atoms with Crippen molar-refractivity contribution in [1.29, 1.82) is 0 Å². The first-order valence-electron chi connectivity index (χ1n) is 22.6. The number of thioether (sulfide) groups is 1. The number of epoxide rings is 1. The maximum absolute atomic E-state index is 14.3. The summed E-state index contributed by atoms with van der Waals surface area (Å²) in [4.78, 5) is 82.0. The van der Waals surface area contributed by atoms with Crippen LogP contribution in [0.15, 0.2) is 60.2 Å². The minimum absolute atomic E-state index is 0.0581. The van der Waals surface area contributed by atoms with Gasteiger partial charge in [-0.05, 0) is 69.5 Å². The Kier molecular flexibility index (Phi) is 18.3. The molecule has 0 aromatic heterocycles. The number of anilines is 2. The fourth-order valence-corrected chi connectivity index (χ4v) is 9.48. The van der Waals surface area contributed by atoms with Crippen LogP contribution in [0.4, 0.5) is 16.2 Å². The molecule has 17 nitrogen and oxygen atoms in total. The predicted octanol–water partition coefficient (Wildman–Crippen LogP) is 5.72. The van der Waals surface area contributed by atoms with Gasteiger partial charge in [-0.15, -0.1) is 0 Å². The molecular formula is C49H66ClN5O12S. The number of nitrogens with one attached hydrogen (secondary N) is 2. The molecule has 68 heavy (non-hydrogen) atoms. The Balaban J connectivity index is 1.29. The summed E-state index contributed by atoms with van der Waals surface area (Å²) >= 11 is 8.33. The Hall–Kier alpha value is -4.98. The summed E-state index contributed by atoms with van der Waals surface area (Å²) in [5.41, 5.74) is 6.14. The van der Waals surface area contributed by atoms with Crippen LogP contribution in [0, 0.1) is 11.8 Å². The standard InChI is InChI=1S/C49H66ClN5O12S/c1-27-12-11-13-39(64-10)49(62)25-38(65-47(61)53-49)29(3)44-48(6,67-44)40(24-42(58)55(8)35-22-33(20-27)23-37(63-9)43(35)50)66-46(60)31(5)54(7)41(57)18-19-68-26-32-14-16-34(17-15-32)52-45(59)28(2)21-36(56)30(4)51/h11-17,22-23,28-31,38-40,44,62H,18-21,24-26,51H2,1-10H3,(H,52,59)(H,53,61)/b13-11+,27-12+. The van der Waals surface area contributed by atoms with Gasteiger partial charge >= 0.3 is 12.1 Å². The lowest BCUT2D eigenvalue weighted by Gasteiger charge is -2.42. The Morgan fingerprint density at radius 2 is 1.82 bits per heavy atom. The molecule has 4 amide bonds. The molecule has 10 atom stereocenters. The van der Waals surface area contributed by atoms with Crippen molar-refractivity contribution in [3.05, 3.63) is 76.3 Å². The number of carbonyl (C=O) groups excluding carboxylic acids is 6. The number of likely N-dealkylation sites (N-methyl/N-ethyl adjacent to an activating group) is 1. The second kappa shape index (κ2) is 23.1. The number of benzene rings is 2. The van der Waals surface area contributed by atoms with E-state index in [0.717, 1.165) is 16.7 Å².